The van der Waals surface area contributed by atoms with Crippen LogP contribution in [0.15, 0.2) is 24.3 Å². The van der Waals surface area contributed by atoms with Crippen molar-refractivity contribution in [2.45, 2.75) is 0.515 Å². The van der Waals surface area contributed by atoms with Crippen molar-refractivity contribution in [3.05, 3.63) is 29.8 Å². The summed E-state index contributed by atoms with van der Waals surface area (Å²) in [7, 11) is -1.97. The van der Waals surface area contributed by atoms with Gasteiger partial charge in [0.1, 0.15) is 0 Å². The fourth-order valence-electron chi connectivity index (χ4n) is 0.861. The SMILES string of the molecule is COc1ccc([CH2][K])cc1.FB(F)F. The van der Waals surface area contributed by atoms with Gasteiger partial charge in [-0.3, -0.25) is 12.9 Å². The predicted molar refractivity (Wildman–Crippen MR) is 51.5 cm³/mol. The maximum Gasteiger partial charge on any atom is 0.762 e. The Morgan fingerprint density at radius 3 is 1.93 bits per heavy atom. The molecule has 0 saturated carbocycles. The maximum atomic E-state index is 9.67. The van der Waals surface area contributed by atoms with Crippen molar-refractivity contribution in [1.29, 1.82) is 0 Å². The van der Waals surface area contributed by atoms with E-state index in [9.17, 15) is 12.9 Å². The summed E-state index contributed by atoms with van der Waals surface area (Å²) >= 11 is 0.918. The Labute approximate surface area is 116 Å². The topological polar surface area (TPSA) is 9.23 Å². The van der Waals surface area contributed by atoms with Gasteiger partial charge in [0, 0.05) is 0 Å². The molecule has 1 aromatic carbocycles. The van der Waals surface area contributed by atoms with Crippen LogP contribution in [0.2, 0.25) is 0 Å². The van der Waals surface area contributed by atoms with E-state index in [-0.39, 0.29) is 0 Å². The van der Waals surface area contributed by atoms with Crippen LogP contribution < -0.4 is 4.74 Å². The molecule has 1 rings (SSSR count). The van der Waals surface area contributed by atoms with E-state index in [1.165, 1.54) is 6.08 Å². The van der Waals surface area contributed by atoms with Gasteiger partial charge in [-0.15, -0.1) is 0 Å². The molecule has 1 nitrogen and oxygen atoms in total. The van der Waals surface area contributed by atoms with Gasteiger partial charge in [0.2, 0.25) is 0 Å². The molecule has 0 aliphatic rings. The van der Waals surface area contributed by atoms with Gasteiger partial charge in [0.05, 0.1) is 0 Å². The second kappa shape index (κ2) is 8.79. The standard InChI is InChI=1S/C8H9O.BF3.K/c1-7-3-5-8(9-2)6-4-7;2-1(3)4;/h3-6H,1H2,2H3;;. The minimum absolute atomic E-state index is 0.918. The van der Waals surface area contributed by atoms with Crippen LogP contribution in [0.1, 0.15) is 5.56 Å². The molecular formula is C8H9BF3KO. The summed E-state index contributed by atoms with van der Waals surface area (Å²) in [6.07, 6.45) is 0. The third-order valence-electron chi connectivity index (χ3n) is 1.57. The van der Waals surface area contributed by atoms with Crippen LogP contribution in [-0.2, 0) is 0.515 Å². The molecular weight excluding hydrogens is 219 g/mol. The van der Waals surface area contributed by atoms with E-state index in [0.29, 0.717) is 0 Å². The zero-order valence-electron chi connectivity index (χ0n) is 8.14. The van der Waals surface area contributed by atoms with Crippen LogP contribution in [0.25, 0.3) is 0 Å². The Bertz CT molecular complexity index is 217. The first-order valence-corrected chi connectivity index (χ1v) is 6.36. The van der Waals surface area contributed by atoms with E-state index in [1.54, 1.807) is 7.11 Å². The summed E-state index contributed by atoms with van der Waals surface area (Å²) in [6, 6.07) is 8.29. The van der Waals surface area contributed by atoms with Gasteiger partial charge in [0.15, 0.2) is 0 Å². The molecule has 0 spiro atoms. The summed E-state index contributed by atoms with van der Waals surface area (Å²) < 4.78 is 35.3. The molecule has 0 unspecified atom stereocenters. The van der Waals surface area contributed by atoms with E-state index in [0.717, 1.165) is 54.7 Å². The van der Waals surface area contributed by atoms with Crippen LogP contribution in [0.4, 0.5) is 12.9 Å². The molecule has 0 N–H and O–H groups in total. The van der Waals surface area contributed by atoms with Crippen molar-refractivity contribution in [2.75, 3.05) is 7.11 Å². The third-order valence-corrected chi connectivity index (χ3v) is 2.84. The number of halogens is 3. The number of hydrogen-bond donors (Lipinski definition) is 0. The molecule has 1 aromatic rings. The first-order valence-electron chi connectivity index (χ1n) is 4.15. The monoisotopic (exact) mass is 228 g/mol. The maximum absolute atomic E-state index is 9.67. The van der Waals surface area contributed by atoms with Gasteiger partial charge in [-0.25, -0.2) is 0 Å². The van der Waals surface area contributed by atoms with Crippen molar-refractivity contribution in [3.8, 4) is 5.75 Å². The van der Waals surface area contributed by atoms with Gasteiger partial charge in [-0.2, -0.15) is 0 Å². The molecule has 0 atom stereocenters. The fourth-order valence-corrected chi connectivity index (χ4v) is 1.60. The van der Waals surface area contributed by atoms with Gasteiger partial charge < -0.3 is 0 Å². The molecule has 0 aliphatic carbocycles. The van der Waals surface area contributed by atoms with Gasteiger partial charge in [0.25, 0.3) is 0 Å². The minimum Gasteiger partial charge on any atom is -0.254 e. The largest absolute Gasteiger partial charge is 0.762 e. The van der Waals surface area contributed by atoms with Crippen molar-refractivity contribution in [3.63, 3.8) is 0 Å². The third kappa shape index (κ3) is 7.87. The van der Waals surface area contributed by atoms with Crippen LogP contribution in [0.3, 0.4) is 0 Å². The normalized spacial score (nSPS) is 8.71. The average Bonchev–Trinajstić information content (AvgIpc) is 2.17. The van der Waals surface area contributed by atoms with Crippen molar-refractivity contribution in [2.24, 2.45) is 0 Å². The Kier molecular flexibility index (Phi) is 9.11. The van der Waals surface area contributed by atoms with Crippen LogP contribution in [-0.4, -0.2) is 63.6 Å². The fraction of sp³-hybridized carbons (Fsp3) is 0.250. The van der Waals surface area contributed by atoms with E-state index in [1.807, 2.05) is 12.1 Å². The molecule has 0 bridgehead atoms. The van der Waals surface area contributed by atoms with Crippen molar-refractivity contribution >= 4 is 56.5 Å². The average molecular weight is 228 g/mol. The van der Waals surface area contributed by atoms with E-state index in [2.05, 4.69) is 12.1 Å². The van der Waals surface area contributed by atoms with E-state index in [4.69, 9.17) is 4.74 Å². The molecule has 0 fully saturated rings. The molecule has 14 heavy (non-hydrogen) atoms. The summed E-state index contributed by atoms with van der Waals surface area (Å²) in [5, 5.41) is 0. The molecule has 0 amide bonds. The zero-order chi connectivity index (χ0) is 11.0. The second-order valence-corrected chi connectivity index (χ2v) is 3.55. The smallest absolute Gasteiger partial charge is 0.254 e. The molecule has 0 saturated heterocycles. The van der Waals surface area contributed by atoms with Crippen LogP contribution in [0.5, 0.6) is 5.75 Å². The van der Waals surface area contributed by atoms with Crippen LogP contribution in [0, 0.1) is 0 Å². The van der Waals surface area contributed by atoms with Gasteiger partial charge in [-0.1, -0.05) is 0 Å². The van der Waals surface area contributed by atoms with Gasteiger partial charge >= 0.3 is 104 Å². The molecule has 0 aromatic heterocycles. The van der Waals surface area contributed by atoms with E-state index >= 15 is 0 Å². The number of benzene rings is 1. The van der Waals surface area contributed by atoms with Crippen molar-refractivity contribution in [1.82, 2.24) is 0 Å². The summed E-state index contributed by atoms with van der Waals surface area (Å²) in [6.45, 7) is 0. The molecule has 0 heterocycles. The molecule has 0 radical (unpaired) electrons. The first kappa shape index (κ1) is 14.5. The molecule has 0 aliphatic heterocycles. The molecule has 6 heteroatoms. The summed E-state index contributed by atoms with van der Waals surface area (Å²) in [5.74, 6) is 0.949. The van der Waals surface area contributed by atoms with Crippen LogP contribution >= 0.6 is 0 Å². The Balaban J connectivity index is 0.000000364. The number of methoxy groups -OCH3 is 1. The second-order valence-electron chi connectivity index (χ2n) is 2.45. The number of ether oxygens (including phenoxy) is 1. The van der Waals surface area contributed by atoms with Gasteiger partial charge in [-0.05, 0) is 0 Å². The number of rotatable bonds is 2. The predicted octanol–water partition coefficient (Wildman–Crippen LogP) is 2.24. The summed E-state index contributed by atoms with van der Waals surface area (Å²) in [5.41, 5.74) is 1.43. The Morgan fingerprint density at radius 1 is 1.21 bits per heavy atom. The minimum atomic E-state index is -3.67. The summed E-state index contributed by atoms with van der Waals surface area (Å²) in [4.78, 5) is 0. The number of hydrogen-bond acceptors (Lipinski definition) is 1. The Hall–Kier alpha value is 0.511. The zero-order valence-corrected chi connectivity index (χ0v) is 11.3. The quantitative estimate of drug-likeness (QED) is 0.705. The molecule has 72 valence electrons. The Morgan fingerprint density at radius 2 is 1.64 bits per heavy atom. The first-order chi connectivity index (χ1) is 6.60. The van der Waals surface area contributed by atoms with Crippen molar-refractivity contribution < 1.29 is 17.7 Å². The van der Waals surface area contributed by atoms with E-state index < -0.39 is 7.54 Å².